The molecular formula is C13H25N3O. The molecule has 1 heterocycles. The van der Waals surface area contributed by atoms with Crippen LogP contribution in [-0.2, 0) is 11.8 Å². The van der Waals surface area contributed by atoms with Gasteiger partial charge in [-0.05, 0) is 24.8 Å². The lowest BCUT2D eigenvalue weighted by molar-refractivity contribution is 0.149. The van der Waals surface area contributed by atoms with Gasteiger partial charge in [0.2, 0.25) is 0 Å². The van der Waals surface area contributed by atoms with Gasteiger partial charge in [-0.1, -0.05) is 13.8 Å². The third-order valence-corrected chi connectivity index (χ3v) is 3.17. The van der Waals surface area contributed by atoms with Crippen molar-refractivity contribution in [3.05, 3.63) is 18.0 Å². The Morgan fingerprint density at radius 3 is 2.76 bits per heavy atom. The van der Waals surface area contributed by atoms with Crippen LogP contribution in [0.3, 0.4) is 0 Å². The van der Waals surface area contributed by atoms with Gasteiger partial charge in [-0.15, -0.1) is 0 Å². The molecule has 1 aromatic rings. The second kappa shape index (κ2) is 6.17. The summed E-state index contributed by atoms with van der Waals surface area (Å²) in [6.07, 6.45) is 2.90. The average Bonchev–Trinajstić information content (AvgIpc) is 2.70. The van der Waals surface area contributed by atoms with Crippen LogP contribution in [-0.4, -0.2) is 30.0 Å². The molecule has 4 heteroatoms. The van der Waals surface area contributed by atoms with E-state index in [0.29, 0.717) is 6.04 Å². The van der Waals surface area contributed by atoms with Crippen LogP contribution in [0.5, 0.6) is 0 Å². The standard InChI is InChI=1S/C13H25N3O/c1-11(12-6-8-15-16(12)4)14-10-13(2,3)7-9-17-5/h6,8,11,14H,7,9-10H2,1-5H3. The highest BCUT2D eigenvalue weighted by molar-refractivity contribution is 5.05. The summed E-state index contributed by atoms with van der Waals surface area (Å²) in [5.74, 6) is 0. The lowest BCUT2D eigenvalue weighted by Gasteiger charge is -2.27. The molecule has 0 aliphatic carbocycles. The predicted octanol–water partition coefficient (Wildman–Crippen LogP) is 2.13. The maximum absolute atomic E-state index is 5.13. The number of ether oxygens (including phenoxy) is 1. The fourth-order valence-electron chi connectivity index (χ4n) is 1.81. The lowest BCUT2D eigenvalue weighted by atomic mass is 9.89. The normalized spacial score (nSPS) is 13.9. The number of rotatable bonds is 7. The van der Waals surface area contributed by atoms with Crippen molar-refractivity contribution in [2.75, 3.05) is 20.3 Å². The highest BCUT2D eigenvalue weighted by atomic mass is 16.5. The SMILES string of the molecule is COCCC(C)(C)CNC(C)c1ccnn1C. The van der Waals surface area contributed by atoms with Crippen LogP contribution >= 0.6 is 0 Å². The maximum Gasteiger partial charge on any atom is 0.0547 e. The van der Waals surface area contributed by atoms with Gasteiger partial charge >= 0.3 is 0 Å². The highest BCUT2D eigenvalue weighted by Gasteiger charge is 2.19. The van der Waals surface area contributed by atoms with Gasteiger partial charge in [-0.3, -0.25) is 4.68 Å². The molecule has 0 spiro atoms. The number of nitrogens with one attached hydrogen (secondary N) is 1. The van der Waals surface area contributed by atoms with E-state index >= 15 is 0 Å². The minimum atomic E-state index is 0.253. The van der Waals surface area contributed by atoms with Crippen LogP contribution in [0.1, 0.15) is 38.9 Å². The summed E-state index contributed by atoms with van der Waals surface area (Å²) >= 11 is 0. The summed E-state index contributed by atoms with van der Waals surface area (Å²) in [5.41, 5.74) is 1.47. The fourth-order valence-corrected chi connectivity index (χ4v) is 1.81. The number of aryl methyl sites for hydroxylation is 1. The Kier molecular flexibility index (Phi) is 5.15. The molecule has 1 rings (SSSR count). The summed E-state index contributed by atoms with van der Waals surface area (Å²) in [6, 6.07) is 2.38. The van der Waals surface area contributed by atoms with E-state index < -0.39 is 0 Å². The predicted molar refractivity (Wildman–Crippen MR) is 69.9 cm³/mol. The lowest BCUT2D eigenvalue weighted by Crippen LogP contribution is -2.32. The van der Waals surface area contributed by atoms with Crippen LogP contribution in [0.15, 0.2) is 12.3 Å². The minimum Gasteiger partial charge on any atom is -0.385 e. The van der Waals surface area contributed by atoms with Gasteiger partial charge in [-0.2, -0.15) is 5.10 Å². The summed E-state index contributed by atoms with van der Waals surface area (Å²) < 4.78 is 7.05. The molecule has 4 nitrogen and oxygen atoms in total. The third kappa shape index (κ3) is 4.48. The van der Waals surface area contributed by atoms with Crippen molar-refractivity contribution in [2.24, 2.45) is 12.5 Å². The van der Waals surface area contributed by atoms with E-state index in [1.807, 2.05) is 17.9 Å². The molecule has 0 aromatic carbocycles. The number of hydrogen-bond donors (Lipinski definition) is 1. The van der Waals surface area contributed by atoms with E-state index in [4.69, 9.17) is 4.74 Å². The molecule has 1 N–H and O–H groups in total. The summed E-state index contributed by atoms with van der Waals surface area (Å²) in [4.78, 5) is 0. The van der Waals surface area contributed by atoms with E-state index in [9.17, 15) is 0 Å². The van der Waals surface area contributed by atoms with Crippen molar-refractivity contribution in [1.29, 1.82) is 0 Å². The first-order chi connectivity index (χ1) is 7.96. The zero-order valence-electron chi connectivity index (χ0n) is 11.7. The second-order valence-electron chi connectivity index (χ2n) is 5.39. The first-order valence-electron chi connectivity index (χ1n) is 6.16. The molecule has 0 aliphatic rings. The van der Waals surface area contributed by atoms with E-state index in [0.717, 1.165) is 19.6 Å². The Morgan fingerprint density at radius 1 is 1.53 bits per heavy atom. The van der Waals surface area contributed by atoms with Gasteiger partial charge in [0, 0.05) is 39.5 Å². The Labute approximate surface area is 104 Å². The van der Waals surface area contributed by atoms with Crippen LogP contribution in [0.2, 0.25) is 0 Å². The Hall–Kier alpha value is -0.870. The number of methoxy groups -OCH3 is 1. The Balaban J connectivity index is 2.42. The van der Waals surface area contributed by atoms with E-state index in [1.54, 1.807) is 7.11 Å². The maximum atomic E-state index is 5.13. The molecule has 0 amide bonds. The van der Waals surface area contributed by atoms with Crippen molar-refractivity contribution >= 4 is 0 Å². The van der Waals surface area contributed by atoms with Gasteiger partial charge < -0.3 is 10.1 Å². The second-order valence-corrected chi connectivity index (χ2v) is 5.39. The molecule has 0 radical (unpaired) electrons. The molecule has 17 heavy (non-hydrogen) atoms. The number of nitrogens with zero attached hydrogens (tertiary/aromatic N) is 2. The van der Waals surface area contributed by atoms with Gasteiger partial charge in [0.25, 0.3) is 0 Å². The molecule has 0 bridgehead atoms. The van der Waals surface area contributed by atoms with Crippen molar-refractivity contribution in [1.82, 2.24) is 15.1 Å². The smallest absolute Gasteiger partial charge is 0.0547 e. The Bertz CT molecular complexity index is 333. The largest absolute Gasteiger partial charge is 0.385 e. The first kappa shape index (κ1) is 14.2. The van der Waals surface area contributed by atoms with Gasteiger partial charge in [0.05, 0.1) is 5.69 Å². The summed E-state index contributed by atoms with van der Waals surface area (Å²) in [5, 5.41) is 7.75. The van der Waals surface area contributed by atoms with Gasteiger partial charge in [-0.25, -0.2) is 0 Å². The van der Waals surface area contributed by atoms with E-state index in [-0.39, 0.29) is 5.41 Å². The quantitative estimate of drug-likeness (QED) is 0.792. The summed E-state index contributed by atoms with van der Waals surface area (Å²) in [7, 11) is 3.73. The first-order valence-corrected chi connectivity index (χ1v) is 6.16. The molecular weight excluding hydrogens is 214 g/mol. The molecule has 0 saturated heterocycles. The highest BCUT2D eigenvalue weighted by Crippen LogP contribution is 2.20. The molecule has 1 atom stereocenters. The number of aromatic nitrogens is 2. The third-order valence-electron chi connectivity index (χ3n) is 3.17. The average molecular weight is 239 g/mol. The zero-order valence-corrected chi connectivity index (χ0v) is 11.7. The number of hydrogen-bond acceptors (Lipinski definition) is 3. The van der Waals surface area contributed by atoms with Crippen LogP contribution < -0.4 is 5.32 Å². The van der Waals surface area contributed by atoms with Crippen molar-refractivity contribution in [3.8, 4) is 0 Å². The van der Waals surface area contributed by atoms with E-state index in [2.05, 4.69) is 37.3 Å². The molecule has 0 aliphatic heterocycles. The summed E-state index contributed by atoms with van der Waals surface area (Å²) in [6.45, 7) is 8.48. The van der Waals surface area contributed by atoms with E-state index in [1.165, 1.54) is 5.69 Å². The van der Waals surface area contributed by atoms with Crippen LogP contribution in [0.25, 0.3) is 0 Å². The Morgan fingerprint density at radius 2 is 2.24 bits per heavy atom. The molecule has 98 valence electrons. The van der Waals surface area contributed by atoms with Crippen molar-refractivity contribution < 1.29 is 4.74 Å². The topological polar surface area (TPSA) is 39.1 Å². The van der Waals surface area contributed by atoms with Crippen LogP contribution in [0.4, 0.5) is 0 Å². The van der Waals surface area contributed by atoms with Crippen molar-refractivity contribution in [3.63, 3.8) is 0 Å². The fraction of sp³-hybridized carbons (Fsp3) is 0.769. The monoisotopic (exact) mass is 239 g/mol. The van der Waals surface area contributed by atoms with Crippen molar-refractivity contribution in [2.45, 2.75) is 33.2 Å². The minimum absolute atomic E-state index is 0.253. The molecule has 0 fully saturated rings. The van der Waals surface area contributed by atoms with Gasteiger partial charge in [0.15, 0.2) is 0 Å². The van der Waals surface area contributed by atoms with Crippen LogP contribution in [0, 0.1) is 5.41 Å². The molecule has 0 saturated carbocycles. The zero-order chi connectivity index (χ0) is 12.9. The molecule has 1 unspecified atom stereocenters. The molecule has 1 aromatic heterocycles. The van der Waals surface area contributed by atoms with Gasteiger partial charge in [0.1, 0.15) is 0 Å².